The Kier molecular flexibility index (Phi) is 4.81. The van der Waals surface area contributed by atoms with Crippen LogP contribution in [-0.4, -0.2) is 28.7 Å². The standard InChI is InChI=1S/C23H16ClN5O3/c1-30-20-6-13(7-21-22(20)32-12-31-21)15-8-18(28-23(26)16(15)9-25)14-10-27-29(11-14)19-5-3-2-4-17(19)24/h2-8,10-11H,12H2,1H3,(H2,26,28). The predicted octanol–water partition coefficient (Wildman–Crippen LogP) is 4.45. The highest BCUT2D eigenvalue weighted by atomic mass is 35.5. The number of ether oxygens (including phenoxy) is 3. The third-order valence-electron chi connectivity index (χ3n) is 5.11. The second kappa shape index (κ2) is 7.80. The van der Waals surface area contributed by atoms with Crippen LogP contribution in [0.1, 0.15) is 5.56 Å². The third kappa shape index (κ3) is 3.25. The van der Waals surface area contributed by atoms with Gasteiger partial charge in [0.05, 0.1) is 29.7 Å². The van der Waals surface area contributed by atoms with Crippen molar-refractivity contribution in [2.75, 3.05) is 19.6 Å². The Morgan fingerprint density at radius 3 is 2.81 bits per heavy atom. The molecule has 4 aromatic rings. The van der Waals surface area contributed by atoms with E-state index in [0.29, 0.717) is 39.1 Å². The topological polar surface area (TPSA) is 108 Å². The molecule has 0 saturated heterocycles. The molecule has 0 atom stereocenters. The Morgan fingerprint density at radius 2 is 2.03 bits per heavy atom. The summed E-state index contributed by atoms with van der Waals surface area (Å²) in [5.41, 5.74) is 9.72. The van der Waals surface area contributed by atoms with Crippen LogP contribution >= 0.6 is 11.6 Å². The first kappa shape index (κ1) is 19.7. The molecular formula is C23H16ClN5O3. The van der Waals surface area contributed by atoms with Gasteiger partial charge >= 0.3 is 0 Å². The predicted molar refractivity (Wildman–Crippen MR) is 119 cm³/mol. The van der Waals surface area contributed by atoms with Crippen LogP contribution < -0.4 is 19.9 Å². The number of fused-ring (bicyclic) bond motifs is 1. The maximum Gasteiger partial charge on any atom is 0.231 e. The molecule has 3 heterocycles. The smallest absolute Gasteiger partial charge is 0.231 e. The molecule has 8 nitrogen and oxygen atoms in total. The largest absolute Gasteiger partial charge is 0.493 e. The van der Waals surface area contributed by atoms with Crippen LogP contribution in [0.25, 0.3) is 28.1 Å². The number of nitrogen functional groups attached to an aromatic ring is 1. The van der Waals surface area contributed by atoms with Gasteiger partial charge in [0.2, 0.25) is 12.5 Å². The highest BCUT2D eigenvalue weighted by Crippen LogP contribution is 2.45. The summed E-state index contributed by atoms with van der Waals surface area (Å²) in [5, 5.41) is 14.7. The summed E-state index contributed by atoms with van der Waals surface area (Å²) < 4.78 is 18.1. The molecule has 1 aliphatic rings. The van der Waals surface area contributed by atoms with Crippen LogP contribution in [0.15, 0.2) is 54.9 Å². The van der Waals surface area contributed by atoms with Gasteiger partial charge in [0, 0.05) is 17.3 Å². The van der Waals surface area contributed by atoms with Crippen molar-refractivity contribution in [1.29, 1.82) is 5.26 Å². The zero-order chi connectivity index (χ0) is 22.2. The maximum absolute atomic E-state index is 9.74. The molecule has 5 rings (SSSR count). The number of benzene rings is 2. The Bertz CT molecular complexity index is 1390. The first-order valence-electron chi connectivity index (χ1n) is 9.57. The molecule has 32 heavy (non-hydrogen) atoms. The normalized spacial score (nSPS) is 11.9. The van der Waals surface area contributed by atoms with E-state index < -0.39 is 0 Å². The van der Waals surface area contributed by atoms with Crippen LogP contribution in [0, 0.1) is 11.3 Å². The van der Waals surface area contributed by atoms with E-state index >= 15 is 0 Å². The van der Waals surface area contributed by atoms with Gasteiger partial charge in [-0.1, -0.05) is 23.7 Å². The monoisotopic (exact) mass is 445 g/mol. The van der Waals surface area contributed by atoms with Gasteiger partial charge in [0.25, 0.3) is 0 Å². The average molecular weight is 446 g/mol. The van der Waals surface area contributed by atoms with Gasteiger partial charge in [0.1, 0.15) is 17.5 Å². The van der Waals surface area contributed by atoms with E-state index in [1.807, 2.05) is 18.2 Å². The molecule has 0 bridgehead atoms. The van der Waals surface area contributed by atoms with Crippen LogP contribution in [0.3, 0.4) is 0 Å². The highest BCUT2D eigenvalue weighted by Gasteiger charge is 2.23. The summed E-state index contributed by atoms with van der Waals surface area (Å²) in [6, 6.07) is 14.9. The summed E-state index contributed by atoms with van der Waals surface area (Å²) >= 11 is 6.29. The first-order chi connectivity index (χ1) is 15.6. The SMILES string of the molecule is COc1cc(-c2cc(-c3cnn(-c4ccccc4Cl)c3)nc(N)c2C#N)cc2c1OCO2. The minimum absolute atomic E-state index is 0.102. The van der Waals surface area contributed by atoms with Crippen LogP contribution in [0.5, 0.6) is 17.2 Å². The Balaban J connectivity index is 1.64. The summed E-state index contributed by atoms with van der Waals surface area (Å²) in [4.78, 5) is 4.43. The van der Waals surface area contributed by atoms with Crippen LogP contribution in [0.2, 0.25) is 5.02 Å². The zero-order valence-electron chi connectivity index (χ0n) is 16.9. The number of nitriles is 1. The summed E-state index contributed by atoms with van der Waals surface area (Å²) in [6.45, 7) is 0.102. The number of rotatable bonds is 4. The second-order valence-corrected chi connectivity index (χ2v) is 7.37. The minimum atomic E-state index is 0.102. The highest BCUT2D eigenvalue weighted by molar-refractivity contribution is 6.32. The quantitative estimate of drug-likeness (QED) is 0.494. The van der Waals surface area contributed by atoms with E-state index in [9.17, 15) is 5.26 Å². The number of hydrogen-bond acceptors (Lipinski definition) is 7. The molecule has 9 heteroatoms. The molecule has 2 N–H and O–H groups in total. The number of anilines is 1. The second-order valence-electron chi connectivity index (χ2n) is 6.96. The van der Waals surface area contributed by atoms with Crippen molar-refractivity contribution in [3.63, 3.8) is 0 Å². The molecular weight excluding hydrogens is 430 g/mol. The number of para-hydroxylation sites is 1. The van der Waals surface area contributed by atoms with Gasteiger partial charge in [-0.15, -0.1) is 0 Å². The fraction of sp³-hybridized carbons (Fsp3) is 0.0870. The van der Waals surface area contributed by atoms with E-state index in [2.05, 4.69) is 16.2 Å². The zero-order valence-corrected chi connectivity index (χ0v) is 17.6. The molecule has 0 spiro atoms. The average Bonchev–Trinajstić information content (AvgIpc) is 3.48. The van der Waals surface area contributed by atoms with Crippen molar-refractivity contribution < 1.29 is 14.2 Å². The van der Waals surface area contributed by atoms with Gasteiger partial charge in [-0.25, -0.2) is 9.67 Å². The van der Waals surface area contributed by atoms with E-state index in [4.69, 9.17) is 31.5 Å². The molecule has 0 saturated carbocycles. The van der Waals surface area contributed by atoms with Crippen molar-refractivity contribution >= 4 is 17.4 Å². The Hall–Kier alpha value is -4.22. The Morgan fingerprint density at radius 1 is 1.19 bits per heavy atom. The van der Waals surface area contributed by atoms with Crippen LogP contribution in [-0.2, 0) is 0 Å². The number of halogens is 1. The van der Waals surface area contributed by atoms with Gasteiger partial charge in [-0.3, -0.25) is 0 Å². The fourth-order valence-electron chi connectivity index (χ4n) is 3.57. The number of pyridine rings is 1. The minimum Gasteiger partial charge on any atom is -0.493 e. The molecule has 0 unspecified atom stereocenters. The number of methoxy groups -OCH3 is 1. The van der Waals surface area contributed by atoms with Gasteiger partial charge in [-0.2, -0.15) is 10.4 Å². The molecule has 1 aliphatic heterocycles. The van der Waals surface area contributed by atoms with Gasteiger partial charge < -0.3 is 19.9 Å². The summed E-state index contributed by atoms with van der Waals surface area (Å²) in [7, 11) is 1.54. The molecule has 2 aromatic carbocycles. The molecule has 0 radical (unpaired) electrons. The summed E-state index contributed by atoms with van der Waals surface area (Å²) in [6.07, 6.45) is 3.47. The van der Waals surface area contributed by atoms with Crippen LogP contribution in [0.4, 0.5) is 5.82 Å². The fourth-order valence-corrected chi connectivity index (χ4v) is 3.79. The lowest BCUT2D eigenvalue weighted by Crippen LogP contribution is -2.00. The number of nitrogens with zero attached hydrogens (tertiary/aromatic N) is 4. The maximum atomic E-state index is 9.74. The number of hydrogen-bond donors (Lipinski definition) is 1. The Labute approximate surface area is 188 Å². The molecule has 0 amide bonds. The van der Waals surface area contributed by atoms with E-state index in [1.54, 1.807) is 48.5 Å². The summed E-state index contributed by atoms with van der Waals surface area (Å²) in [5.74, 6) is 1.68. The van der Waals surface area contributed by atoms with Crippen molar-refractivity contribution in [2.24, 2.45) is 0 Å². The third-order valence-corrected chi connectivity index (χ3v) is 5.43. The van der Waals surface area contributed by atoms with Gasteiger partial charge in [0.15, 0.2) is 11.5 Å². The first-order valence-corrected chi connectivity index (χ1v) is 9.95. The van der Waals surface area contributed by atoms with Crippen molar-refractivity contribution in [2.45, 2.75) is 0 Å². The van der Waals surface area contributed by atoms with E-state index in [-0.39, 0.29) is 18.2 Å². The van der Waals surface area contributed by atoms with E-state index in [1.165, 1.54) is 0 Å². The van der Waals surface area contributed by atoms with Gasteiger partial charge in [-0.05, 0) is 35.9 Å². The van der Waals surface area contributed by atoms with Crippen molar-refractivity contribution in [1.82, 2.24) is 14.8 Å². The molecule has 158 valence electrons. The lowest BCUT2D eigenvalue weighted by Gasteiger charge is -2.12. The van der Waals surface area contributed by atoms with Crippen molar-refractivity contribution in [3.8, 4) is 51.4 Å². The molecule has 0 fully saturated rings. The lowest BCUT2D eigenvalue weighted by molar-refractivity contribution is 0.171. The molecule has 2 aromatic heterocycles. The molecule has 0 aliphatic carbocycles. The number of aromatic nitrogens is 3. The number of nitrogens with two attached hydrogens (primary N) is 1. The van der Waals surface area contributed by atoms with Crippen molar-refractivity contribution in [3.05, 3.63) is 65.4 Å². The van der Waals surface area contributed by atoms with E-state index in [0.717, 1.165) is 11.3 Å². The lowest BCUT2D eigenvalue weighted by atomic mass is 9.98.